The van der Waals surface area contributed by atoms with Crippen LogP contribution in [0.1, 0.15) is 20.3 Å². The van der Waals surface area contributed by atoms with Gasteiger partial charge in [-0.2, -0.15) is 11.8 Å². The minimum atomic E-state index is -2.75. The average Bonchev–Trinajstić information content (AvgIpc) is 2.27. The first-order chi connectivity index (χ1) is 8.23. The predicted octanol–water partition coefficient (Wildman–Crippen LogP) is -0.0384. The molecule has 18 heavy (non-hydrogen) atoms. The van der Waals surface area contributed by atoms with Crippen molar-refractivity contribution in [2.75, 3.05) is 11.5 Å². The normalized spacial score (nSPS) is 15.5. The second kappa shape index (κ2) is 7.22. The molecule has 2 unspecified atom stereocenters. The first-order valence-electron chi connectivity index (χ1n) is 5.20. The fraction of sp³-hybridized carbons (Fsp3) is 0.700. The summed E-state index contributed by atoms with van der Waals surface area (Å²) in [4.78, 5) is 32.7. The lowest BCUT2D eigenvalue weighted by molar-refractivity contribution is -0.184. The Kier molecular flexibility index (Phi) is 6.71. The van der Waals surface area contributed by atoms with E-state index in [4.69, 9.17) is 10.2 Å². The van der Waals surface area contributed by atoms with Gasteiger partial charge in [-0.3, -0.25) is 0 Å². The van der Waals surface area contributed by atoms with Crippen LogP contribution in [0.2, 0.25) is 0 Å². The lowest BCUT2D eigenvalue weighted by atomic mass is 10.1. The number of carboxylic acid groups (broad SMARTS) is 2. The molecular formula is C10H16O7S. The summed E-state index contributed by atoms with van der Waals surface area (Å²) in [6, 6.07) is 0. The smallest absolute Gasteiger partial charge is 0.350 e. The second-order valence-corrected chi connectivity index (χ2v) is 4.83. The largest absolute Gasteiger partial charge is 0.479 e. The number of carbonyl (C=O) groups excluding carboxylic acids is 1. The maximum Gasteiger partial charge on any atom is 0.350 e. The summed E-state index contributed by atoms with van der Waals surface area (Å²) in [5.41, 5.74) is -2.75. The number of aliphatic carboxylic acids is 2. The summed E-state index contributed by atoms with van der Waals surface area (Å²) in [5, 5.41) is 26.7. The molecule has 0 aromatic heterocycles. The summed E-state index contributed by atoms with van der Waals surface area (Å²) in [7, 11) is 0. The van der Waals surface area contributed by atoms with Crippen molar-refractivity contribution >= 4 is 29.7 Å². The molecule has 2 atom stereocenters. The van der Waals surface area contributed by atoms with E-state index in [1.807, 2.05) is 6.92 Å². The standard InChI is InChI=1S/C10H16O7S/c1-3-4-18-5-6(7(11)12)17-9(15)10(2,16)8(13)14/h6,16H,3-5H2,1-2H3,(H,11,12)(H,13,14). The number of esters is 1. The molecule has 0 aliphatic carbocycles. The van der Waals surface area contributed by atoms with E-state index in [1.165, 1.54) is 11.8 Å². The van der Waals surface area contributed by atoms with Crippen LogP contribution in [0, 0.1) is 0 Å². The van der Waals surface area contributed by atoms with Crippen LogP contribution in [0.3, 0.4) is 0 Å². The van der Waals surface area contributed by atoms with Gasteiger partial charge in [-0.25, -0.2) is 14.4 Å². The van der Waals surface area contributed by atoms with Crippen LogP contribution in [0.5, 0.6) is 0 Å². The molecule has 0 amide bonds. The number of carboxylic acids is 2. The number of hydrogen-bond acceptors (Lipinski definition) is 6. The molecule has 0 fully saturated rings. The van der Waals surface area contributed by atoms with Crippen molar-refractivity contribution in [1.82, 2.24) is 0 Å². The van der Waals surface area contributed by atoms with E-state index in [1.54, 1.807) is 0 Å². The van der Waals surface area contributed by atoms with Gasteiger partial charge in [-0.1, -0.05) is 6.92 Å². The van der Waals surface area contributed by atoms with Crippen molar-refractivity contribution in [2.45, 2.75) is 32.0 Å². The highest BCUT2D eigenvalue weighted by Crippen LogP contribution is 2.12. The number of hydrogen-bond donors (Lipinski definition) is 3. The summed E-state index contributed by atoms with van der Waals surface area (Å²) in [5.74, 6) is -3.97. The highest BCUT2D eigenvalue weighted by Gasteiger charge is 2.42. The fourth-order valence-electron chi connectivity index (χ4n) is 0.822. The van der Waals surface area contributed by atoms with Gasteiger partial charge in [-0.05, 0) is 19.1 Å². The molecule has 0 aromatic carbocycles. The summed E-state index contributed by atoms with van der Waals surface area (Å²) in [6.45, 7) is 2.64. The highest BCUT2D eigenvalue weighted by atomic mass is 32.2. The van der Waals surface area contributed by atoms with Crippen molar-refractivity contribution < 1.29 is 34.4 Å². The molecule has 0 bridgehead atoms. The number of thioether (sulfide) groups is 1. The third-order valence-corrected chi connectivity index (χ3v) is 3.19. The van der Waals surface area contributed by atoms with E-state index >= 15 is 0 Å². The van der Waals surface area contributed by atoms with E-state index in [-0.39, 0.29) is 5.75 Å². The van der Waals surface area contributed by atoms with Gasteiger partial charge in [0.1, 0.15) is 0 Å². The Balaban J connectivity index is 4.55. The number of rotatable bonds is 8. The van der Waals surface area contributed by atoms with Gasteiger partial charge in [0.25, 0.3) is 5.60 Å². The van der Waals surface area contributed by atoms with Crippen LogP contribution in [-0.2, 0) is 19.1 Å². The van der Waals surface area contributed by atoms with E-state index in [2.05, 4.69) is 4.74 Å². The number of carbonyl (C=O) groups is 3. The molecule has 0 rings (SSSR count). The van der Waals surface area contributed by atoms with Crippen LogP contribution >= 0.6 is 11.8 Å². The Labute approximate surface area is 108 Å². The Bertz CT molecular complexity index is 326. The quantitative estimate of drug-likeness (QED) is 0.322. The van der Waals surface area contributed by atoms with Crippen LogP contribution in [0.15, 0.2) is 0 Å². The zero-order valence-electron chi connectivity index (χ0n) is 10.1. The highest BCUT2D eigenvalue weighted by molar-refractivity contribution is 7.99. The molecular weight excluding hydrogens is 264 g/mol. The SMILES string of the molecule is CCCSCC(OC(=O)C(C)(O)C(=O)O)C(=O)O. The van der Waals surface area contributed by atoms with E-state index in [0.717, 1.165) is 13.3 Å². The zero-order chi connectivity index (χ0) is 14.3. The second-order valence-electron chi connectivity index (χ2n) is 3.68. The molecule has 8 heteroatoms. The molecule has 3 N–H and O–H groups in total. The first kappa shape index (κ1) is 16.7. The van der Waals surface area contributed by atoms with Crippen LogP contribution in [0.25, 0.3) is 0 Å². The summed E-state index contributed by atoms with van der Waals surface area (Å²) in [6.07, 6.45) is -0.641. The molecule has 0 saturated heterocycles. The lowest BCUT2D eigenvalue weighted by Crippen LogP contribution is -2.47. The molecule has 7 nitrogen and oxygen atoms in total. The lowest BCUT2D eigenvalue weighted by Gasteiger charge is -2.19. The molecule has 0 aliphatic rings. The van der Waals surface area contributed by atoms with Crippen molar-refractivity contribution in [3.05, 3.63) is 0 Å². The maximum atomic E-state index is 11.3. The number of aliphatic hydroxyl groups is 1. The maximum absolute atomic E-state index is 11.3. The molecule has 0 spiro atoms. The van der Waals surface area contributed by atoms with Gasteiger partial charge in [0.05, 0.1) is 0 Å². The molecule has 104 valence electrons. The Hall–Kier alpha value is -1.28. The Morgan fingerprint density at radius 1 is 1.33 bits per heavy atom. The van der Waals surface area contributed by atoms with E-state index in [9.17, 15) is 19.5 Å². The van der Waals surface area contributed by atoms with Crippen LogP contribution < -0.4 is 0 Å². The Morgan fingerprint density at radius 2 is 1.89 bits per heavy atom. The first-order valence-corrected chi connectivity index (χ1v) is 6.36. The molecule has 0 aromatic rings. The van der Waals surface area contributed by atoms with E-state index < -0.39 is 29.6 Å². The fourth-order valence-corrected chi connectivity index (χ4v) is 1.70. The van der Waals surface area contributed by atoms with E-state index in [0.29, 0.717) is 5.75 Å². The minimum absolute atomic E-state index is 0.00458. The predicted molar refractivity (Wildman–Crippen MR) is 63.4 cm³/mol. The van der Waals surface area contributed by atoms with Crippen molar-refractivity contribution in [1.29, 1.82) is 0 Å². The number of ether oxygens (including phenoxy) is 1. The minimum Gasteiger partial charge on any atom is -0.479 e. The van der Waals surface area contributed by atoms with Gasteiger partial charge in [0.2, 0.25) is 6.10 Å². The van der Waals surface area contributed by atoms with Gasteiger partial charge in [-0.15, -0.1) is 0 Å². The third-order valence-electron chi connectivity index (χ3n) is 1.96. The van der Waals surface area contributed by atoms with Crippen molar-refractivity contribution in [3.8, 4) is 0 Å². The topological polar surface area (TPSA) is 121 Å². The van der Waals surface area contributed by atoms with Crippen LogP contribution in [0.4, 0.5) is 0 Å². The zero-order valence-corrected chi connectivity index (χ0v) is 10.9. The van der Waals surface area contributed by atoms with Gasteiger partial charge in [0, 0.05) is 5.75 Å². The Morgan fingerprint density at radius 3 is 2.28 bits per heavy atom. The van der Waals surface area contributed by atoms with Crippen molar-refractivity contribution in [3.63, 3.8) is 0 Å². The van der Waals surface area contributed by atoms with Gasteiger partial charge in [0.15, 0.2) is 0 Å². The average molecular weight is 280 g/mol. The van der Waals surface area contributed by atoms with Gasteiger partial charge < -0.3 is 20.1 Å². The van der Waals surface area contributed by atoms with Crippen molar-refractivity contribution in [2.24, 2.45) is 0 Å². The third kappa shape index (κ3) is 4.92. The molecule has 0 heterocycles. The monoisotopic (exact) mass is 280 g/mol. The summed E-state index contributed by atoms with van der Waals surface area (Å²) < 4.78 is 4.49. The molecule has 0 aliphatic heterocycles. The summed E-state index contributed by atoms with van der Waals surface area (Å²) >= 11 is 1.26. The van der Waals surface area contributed by atoms with Crippen LogP contribution in [-0.4, -0.2) is 56.4 Å². The van der Waals surface area contributed by atoms with Gasteiger partial charge >= 0.3 is 17.9 Å². The molecule has 0 saturated carbocycles. The molecule has 0 radical (unpaired) electrons.